The number of carboxylic acid groups (broad SMARTS) is 1. The fourth-order valence-corrected chi connectivity index (χ4v) is 2.57. The SMILES string of the molecule is CN(CC1CCC1)c1cccc(Cl)c1C=CC(=O)O. The molecule has 1 aromatic rings. The first-order valence-corrected chi connectivity index (χ1v) is 6.86. The lowest BCUT2D eigenvalue weighted by Crippen LogP contribution is -2.29. The van der Waals surface area contributed by atoms with Crippen LogP contribution in [0.4, 0.5) is 5.69 Å². The van der Waals surface area contributed by atoms with Crippen molar-refractivity contribution in [2.45, 2.75) is 19.3 Å². The van der Waals surface area contributed by atoms with Crippen LogP contribution in [0.15, 0.2) is 24.3 Å². The van der Waals surface area contributed by atoms with Crippen LogP contribution >= 0.6 is 11.6 Å². The molecule has 1 aliphatic rings. The summed E-state index contributed by atoms with van der Waals surface area (Å²) in [6.45, 7) is 0.994. The molecule has 102 valence electrons. The number of nitrogens with zero attached hydrogens (tertiary/aromatic N) is 1. The van der Waals surface area contributed by atoms with E-state index in [-0.39, 0.29) is 0 Å². The van der Waals surface area contributed by atoms with E-state index in [0.29, 0.717) is 5.02 Å². The van der Waals surface area contributed by atoms with E-state index in [1.807, 2.05) is 19.2 Å². The van der Waals surface area contributed by atoms with E-state index in [9.17, 15) is 4.79 Å². The van der Waals surface area contributed by atoms with Gasteiger partial charge in [0.1, 0.15) is 0 Å². The van der Waals surface area contributed by atoms with Crippen molar-refractivity contribution in [3.8, 4) is 0 Å². The van der Waals surface area contributed by atoms with Gasteiger partial charge in [-0.15, -0.1) is 0 Å². The molecule has 2 rings (SSSR count). The number of hydrogen-bond donors (Lipinski definition) is 1. The molecule has 1 N–H and O–H groups in total. The number of carbonyl (C=O) groups is 1. The van der Waals surface area contributed by atoms with Gasteiger partial charge in [0.05, 0.1) is 0 Å². The molecule has 0 amide bonds. The average molecular weight is 280 g/mol. The van der Waals surface area contributed by atoms with Gasteiger partial charge in [-0.2, -0.15) is 0 Å². The van der Waals surface area contributed by atoms with Crippen LogP contribution in [0.25, 0.3) is 6.08 Å². The van der Waals surface area contributed by atoms with Crippen LogP contribution < -0.4 is 4.90 Å². The smallest absolute Gasteiger partial charge is 0.328 e. The molecular weight excluding hydrogens is 262 g/mol. The lowest BCUT2D eigenvalue weighted by molar-refractivity contribution is -0.131. The lowest BCUT2D eigenvalue weighted by atomic mass is 9.85. The molecule has 0 spiro atoms. The Labute approximate surface area is 118 Å². The Hall–Kier alpha value is -1.48. The van der Waals surface area contributed by atoms with Crippen molar-refractivity contribution in [2.75, 3.05) is 18.5 Å². The molecule has 0 aromatic heterocycles. The molecule has 0 saturated heterocycles. The van der Waals surface area contributed by atoms with Gasteiger partial charge in [0.25, 0.3) is 0 Å². The van der Waals surface area contributed by atoms with E-state index < -0.39 is 5.97 Å². The van der Waals surface area contributed by atoms with Crippen LogP contribution in [0.5, 0.6) is 0 Å². The quantitative estimate of drug-likeness (QED) is 0.836. The summed E-state index contributed by atoms with van der Waals surface area (Å²) in [6.07, 6.45) is 6.58. The highest BCUT2D eigenvalue weighted by Gasteiger charge is 2.20. The van der Waals surface area contributed by atoms with Crippen LogP contribution in [-0.2, 0) is 4.79 Å². The second-order valence-corrected chi connectivity index (χ2v) is 5.43. The molecule has 1 aliphatic carbocycles. The van der Waals surface area contributed by atoms with Crippen molar-refractivity contribution < 1.29 is 9.90 Å². The normalized spacial score (nSPS) is 15.5. The van der Waals surface area contributed by atoms with E-state index in [0.717, 1.165) is 29.8 Å². The van der Waals surface area contributed by atoms with Gasteiger partial charge in [0, 0.05) is 35.9 Å². The summed E-state index contributed by atoms with van der Waals surface area (Å²) in [4.78, 5) is 12.8. The summed E-state index contributed by atoms with van der Waals surface area (Å²) in [5.74, 6) is -0.215. The van der Waals surface area contributed by atoms with E-state index in [1.54, 1.807) is 12.1 Å². The Morgan fingerprint density at radius 2 is 2.26 bits per heavy atom. The summed E-state index contributed by atoms with van der Waals surface area (Å²) >= 11 is 6.17. The van der Waals surface area contributed by atoms with Crippen LogP contribution in [-0.4, -0.2) is 24.7 Å². The van der Waals surface area contributed by atoms with Crippen LogP contribution in [0.2, 0.25) is 5.02 Å². The van der Waals surface area contributed by atoms with Crippen molar-refractivity contribution in [2.24, 2.45) is 5.92 Å². The van der Waals surface area contributed by atoms with Crippen LogP contribution in [0, 0.1) is 5.92 Å². The van der Waals surface area contributed by atoms with Crippen molar-refractivity contribution in [3.05, 3.63) is 34.9 Å². The van der Waals surface area contributed by atoms with Crippen molar-refractivity contribution in [1.29, 1.82) is 0 Å². The number of halogens is 1. The monoisotopic (exact) mass is 279 g/mol. The predicted molar refractivity (Wildman–Crippen MR) is 78.7 cm³/mol. The van der Waals surface area contributed by atoms with Gasteiger partial charge in [-0.3, -0.25) is 0 Å². The fraction of sp³-hybridized carbons (Fsp3) is 0.400. The number of aliphatic carboxylic acids is 1. The second-order valence-electron chi connectivity index (χ2n) is 5.02. The Bertz CT molecular complexity index is 495. The molecule has 4 heteroatoms. The summed E-state index contributed by atoms with van der Waals surface area (Å²) in [5, 5.41) is 9.32. The Morgan fingerprint density at radius 1 is 1.53 bits per heavy atom. The molecule has 1 saturated carbocycles. The van der Waals surface area contributed by atoms with Gasteiger partial charge in [-0.1, -0.05) is 24.1 Å². The third-order valence-electron chi connectivity index (χ3n) is 3.59. The number of anilines is 1. The first-order valence-electron chi connectivity index (χ1n) is 6.48. The maximum Gasteiger partial charge on any atom is 0.328 e. The maximum atomic E-state index is 10.7. The summed E-state index contributed by atoms with van der Waals surface area (Å²) in [5.41, 5.74) is 1.75. The molecule has 1 fully saturated rings. The Balaban J connectivity index is 2.22. The minimum absolute atomic E-state index is 0.579. The summed E-state index contributed by atoms with van der Waals surface area (Å²) in [6, 6.07) is 5.66. The molecular formula is C15H18ClNO2. The van der Waals surface area contributed by atoms with Gasteiger partial charge >= 0.3 is 5.97 Å². The molecule has 0 aliphatic heterocycles. The van der Waals surface area contributed by atoms with Crippen molar-refractivity contribution in [3.63, 3.8) is 0 Å². The van der Waals surface area contributed by atoms with Gasteiger partial charge in [-0.05, 0) is 37.0 Å². The zero-order chi connectivity index (χ0) is 13.8. The van der Waals surface area contributed by atoms with Crippen molar-refractivity contribution >= 4 is 29.3 Å². The molecule has 19 heavy (non-hydrogen) atoms. The van der Waals surface area contributed by atoms with Gasteiger partial charge in [0.15, 0.2) is 0 Å². The van der Waals surface area contributed by atoms with E-state index in [4.69, 9.17) is 16.7 Å². The Morgan fingerprint density at radius 3 is 2.84 bits per heavy atom. The number of carboxylic acids is 1. The maximum absolute atomic E-state index is 10.7. The van der Waals surface area contributed by atoms with Crippen LogP contribution in [0.3, 0.4) is 0 Å². The zero-order valence-electron chi connectivity index (χ0n) is 11.0. The van der Waals surface area contributed by atoms with E-state index in [2.05, 4.69) is 4.90 Å². The first kappa shape index (κ1) is 13.9. The lowest BCUT2D eigenvalue weighted by Gasteiger charge is -2.32. The summed E-state index contributed by atoms with van der Waals surface area (Å²) in [7, 11) is 2.03. The fourth-order valence-electron chi connectivity index (χ4n) is 2.34. The van der Waals surface area contributed by atoms with E-state index in [1.165, 1.54) is 19.3 Å². The van der Waals surface area contributed by atoms with Gasteiger partial charge < -0.3 is 10.0 Å². The molecule has 0 heterocycles. The van der Waals surface area contributed by atoms with Crippen molar-refractivity contribution in [1.82, 2.24) is 0 Å². The highest BCUT2D eigenvalue weighted by molar-refractivity contribution is 6.32. The molecule has 0 atom stereocenters. The Kier molecular flexibility index (Phi) is 4.48. The third kappa shape index (κ3) is 3.51. The highest BCUT2D eigenvalue weighted by Crippen LogP contribution is 2.32. The molecule has 0 unspecified atom stereocenters. The van der Waals surface area contributed by atoms with Gasteiger partial charge in [0.2, 0.25) is 0 Å². The molecule has 1 aromatic carbocycles. The molecule has 0 bridgehead atoms. The minimum atomic E-state index is -0.965. The summed E-state index contributed by atoms with van der Waals surface area (Å²) < 4.78 is 0. The number of benzene rings is 1. The first-order chi connectivity index (χ1) is 9.08. The second kappa shape index (κ2) is 6.11. The minimum Gasteiger partial charge on any atom is -0.478 e. The average Bonchev–Trinajstić information content (AvgIpc) is 2.31. The zero-order valence-corrected chi connectivity index (χ0v) is 11.7. The van der Waals surface area contributed by atoms with E-state index >= 15 is 0 Å². The molecule has 3 nitrogen and oxygen atoms in total. The van der Waals surface area contributed by atoms with Crippen LogP contribution in [0.1, 0.15) is 24.8 Å². The third-order valence-corrected chi connectivity index (χ3v) is 3.92. The molecule has 0 radical (unpaired) electrons. The van der Waals surface area contributed by atoms with Gasteiger partial charge in [-0.25, -0.2) is 4.79 Å². The standard InChI is InChI=1S/C15H18ClNO2/c1-17(10-11-4-2-5-11)14-7-3-6-13(16)12(14)8-9-15(18)19/h3,6-9,11H,2,4-5,10H2,1H3,(H,18,19). The highest BCUT2D eigenvalue weighted by atomic mass is 35.5. The predicted octanol–water partition coefficient (Wildman–Crippen LogP) is 3.67. The largest absolute Gasteiger partial charge is 0.478 e. The number of rotatable bonds is 5. The topological polar surface area (TPSA) is 40.5 Å². The number of hydrogen-bond acceptors (Lipinski definition) is 2.